The Balaban J connectivity index is 0.00000166. The molecule has 1 aromatic heterocycles. The Morgan fingerprint density at radius 2 is 1.90 bits per heavy atom. The maximum Gasteiger partial charge on any atom is 0.156 e. The van der Waals surface area contributed by atoms with Gasteiger partial charge in [0.25, 0.3) is 0 Å². The van der Waals surface area contributed by atoms with E-state index in [1.807, 2.05) is 39.0 Å². The van der Waals surface area contributed by atoms with Crippen molar-refractivity contribution in [3.63, 3.8) is 0 Å². The second-order valence-corrected chi connectivity index (χ2v) is 7.26. The summed E-state index contributed by atoms with van der Waals surface area (Å²) in [6.45, 7) is 9.69. The van der Waals surface area contributed by atoms with E-state index in [4.69, 9.17) is 0 Å². The van der Waals surface area contributed by atoms with Crippen molar-refractivity contribution in [1.82, 2.24) is 10.3 Å². The van der Waals surface area contributed by atoms with E-state index in [0.29, 0.717) is 0 Å². The third-order valence-electron chi connectivity index (χ3n) is 4.75. The van der Waals surface area contributed by atoms with Crippen LogP contribution < -0.4 is 10.2 Å². The van der Waals surface area contributed by atoms with E-state index in [0.717, 1.165) is 60.0 Å². The molecule has 1 heterocycles. The van der Waals surface area contributed by atoms with Gasteiger partial charge in [0, 0.05) is 28.8 Å². The van der Waals surface area contributed by atoms with Crippen molar-refractivity contribution in [1.29, 1.82) is 0 Å². The number of pyridine rings is 1. The van der Waals surface area contributed by atoms with Gasteiger partial charge in [-0.2, -0.15) is 0 Å². The number of rotatable bonds is 7. The van der Waals surface area contributed by atoms with Crippen LogP contribution in [0.2, 0.25) is 0 Å². The van der Waals surface area contributed by atoms with Crippen molar-refractivity contribution in [3.05, 3.63) is 89.7 Å². The molecule has 1 aromatic carbocycles. The average Bonchev–Trinajstić information content (AvgIpc) is 3.04. The first-order valence-electron chi connectivity index (χ1n) is 11.2. The number of para-hydroxylation sites is 1. The molecule has 1 aliphatic rings. The lowest BCUT2D eigenvalue weighted by Crippen LogP contribution is -2.29. The van der Waals surface area contributed by atoms with E-state index in [-0.39, 0.29) is 5.78 Å². The Morgan fingerprint density at radius 1 is 1.16 bits per heavy atom. The van der Waals surface area contributed by atoms with Gasteiger partial charge in [0.05, 0.1) is 5.69 Å². The molecular weight excluding hydrogens is 382 g/mol. The number of carbonyl (C=O) groups excluding carboxylic acids is 1. The summed E-state index contributed by atoms with van der Waals surface area (Å²) in [4.78, 5) is 18.9. The molecule has 0 amide bonds. The largest absolute Gasteiger partial charge is 0.345 e. The van der Waals surface area contributed by atoms with Crippen LogP contribution in [0.1, 0.15) is 58.3 Å². The highest BCUT2D eigenvalue weighted by molar-refractivity contribution is 5.89. The highest BCUT2D eigenvalue weighted by atomic mass is 16.1. The lowest BCUT2D eigenvalue weighted by Gasteiger charge is -2.29. The third kappa shape index (κ3) is 7.25. The third-order valence-corrected chi connectivity index (χ3v) is 4.75. The lowest BCUT2D eigenvalue weighted by molar-refractivity contribution is -0.112. The standard InChI is InChI=1S/C25H29N3O.C2H6/c1-4-21-18-24(16-19(2)26-21)28(23-14-10-7-11-15-23)25(17-20(3)29)27-22-12-8-5-6-9-13-22;1-2/h5,7-8,10-12,14-18,27H,4,6,9,13H2,1-3H3;1-2H3/b25-17-;. The molecule has 164 valence electrons. The molecule has 0 unspecified atom stereocenters. The molecule has 3 rings (SSSR count). The molecule has 2 aromatic rings. The molecule has 31 heavy (non-hydrogen) atoms. The number of carbonyl (C=O) groups is 1. The predicted octanol–water partition coefficient (Wildman–Crippen LogP) is 6.76. The van der Waals surface area contributed by atoms with Crippen LogP contribution in [0.15, 0.2) is 78.3 Å². The number of ketones is 1. The molecule has 4 heteroatoms. The van der Waals surface area contributed by atoms with Gasteiger partial charge in [-0.3, -0.25) is 14.7 Å². The Kier molecular flexibility index (Phi) is 9.76. The fourth-order valence-electron chi connectivity index (χ4n) is 3.42. The molecule has 4 nitrogen and oxygen atoms in total. The average molecular weight is 418 g/mol. The summed E-state index contributed by atoms with van der Waals surface area (Å²) in [6, 6.07) is 14.3. The molecule has 0 radical (unpaired) electrons. The zero-order chi connectivity index (χ0) is 22.6. The van der Waals surface area contributed by atoms with Gasteiger partial charge in [-0.25, -0.2) is 0 Å². The summed E-state index contributed by atoms with van der Waals surface area (Å²) >= 11 is 0. The SMILES string of the molecule is CC.CCc1cc(N(/C(=C\C(C)=O)NC2=CC=CCCC2)c2ccccc2)cc(C)n1. The quantitative estimate of drug-likeness (QED) is 0.506. The maximum absolute atomic E-state index is 12.1. The van der Waals surface area contributed by atoms with Gasteiger partial charge in [-0.1, -0.05) is 51.1 Å². The lowest BCUT2D eigenvalue weighted by atomic mass is 10.1. The molecule has 0 atom stereocenters. The maximum atomic E-state index is 12.1. The number of anilines is 2. The topological polar surface area (TPSA) is 45.2 Å². The van der Waals surface area contributed by atoms with E-state index in [1.54, 1.807) is 13.0 Å². The van der Waals surface area contributed by atoms with Gasteiger partial charge in [0.15, 0.2) is 5.78 Å². The number of allylic oxidation sites excluding steroid dienone is 5. The molecule has 0 fully saturated rings. The smallest absolute Gasteiger partial charge is 0.156 e. The minimum Gasteiger partial charge on any atom is -0.345 e. The Hall–Kier alpha value is -3.14. The van der Waals surface area contributed by atoms with Gasteiger partial charge < -0.3 is 5.32 Å². The van der Waals surface area contributed by atoms with Crippen LogP contribution in [0.5, 0.6) is 0 Å². The molecule has 0 saturated heterocycles. The van der Waals surface area contributed by atoms with Gasteiger partial charge in [0.1, 0.15) is 5.82 Å². The Labute approximate surface area is 187 Å². The minimum atomic E-state index is -0.000289. The van der Waals surface area contributed by atoms with Gasteiger partial charge in [0.2, 0.25) is 0 Å². The van der Waals surface area contributed by atoms with Crippen LogP contribution >= 0.6 is 0 Å². The minimum absolute atomic E-state index is 0.000289. The monoisotopic (exact) mass is 417 g/mol. The van der Waals surface area contributed by atoms with E-state index in [9.17, 15) is 4.79 Å². The van der Waals surface area contributed by atoms with Crippen molar-refractivity contribution >= 4 is 17.2 Å². The number of hydrogen-bond donors (Lipinski definition) is 1. The van der Waals surface area contributed by atoms with Gasteiger partial charge in [-0.05, 0) is 69.9 Å². The van der Waals surface area contributed by atoms with Crippen LogP contribution in [0.25, 0.3) is 0 Å². The summed E-state index contributed by atoms with van der Waals surface area (Å²) in [5.41, 5.74) is 5.07. The van der Waals surface area contributed by atoms with E-state index >= 15 is 0 Å². The summed E-state index contributed by atoms with van der Waals surface area (Å²) in [7, 11) is 0. The molecular formula is C27H35N3O. The highest BCUT2D eigenvalue weighted by Crippen LogP contribution is 2.31. The first-order chi connectivity index (χ1) is 15.1. The van der Waals surface area contributed by atoms with Crippen LogP contribution in [-0.4, -0.2) is 10.8 Å². The predicted molar refractivity (Wildman–Crippen MR) is 131 cm³/mol. The number of benzene rings is 1. The van der Waals surface area contributed by atoms with Crippen molar-refractivity contribution < 1.29 is 4.79 Å². The first-order valence-corrected chi connectivity index (χ1v) is 11.2. The molecule has 1 aliphatic carbocycles. The number of nitrogens with one attached hydrogen (secondary N) is 1. The molecule has 0 aliphatic heterocycles. The number of aromatic nitrogens is 1. The van der Waals surface area contributed by atoms with Crippen LogP contribution in [0.4, 0.5) is 11.4 Å². The Morgan fingerprint density at radius 3 is 2.58 bits per heavy atom. The zero-order valence-electron chi connectivity index (χ0n) is 19.5. The number of hydrogen-bond acceptors (Lipinski definition) is 4. The second kappa shape index (κ2) is 12.5. The fourth-order valence-corrected chi connectivity index (χ4v) is 3.42. The summed E-state index contributed by atoms with van der Waals surface area (Å²) in [5.74, 6) is 0.748. The van der Waals surface area contributed by atoms with E-state index in [2.05, 4.69) is 64.6 Å². The van der Waals surface area contributed by atoms with E-state index in [1.165, 1.54) is 0 Å². The molecule has 0 spiro atoms. The van der Waals surface area contributed by atoms with E-state index < -0.39 is 0 Å². The molecule has 0 bridgehead atoms. The zero-order valence-corrected chi connectivity index (χ0v) is 19.5. The van der Waals surface area contributed by atoms with Crippen molar-refractivity contribution in [2.45, 2.75) is 60.3 Å². The normalized spacial score (nSPS) is 13.5. The van der Waals surface area contributed by atoms with Gasteiger partial charge >= 0.3 is 0 Å². The van der Waals surface area contributed by atoms with Crippen molar-refractivity contribution in [2.24, 2.45) is 0 Å². The molecule has 1 N–H and O–H groups in total. The first kappa shape index (κ1) is 24.1. The summed E-state index contributed by atoms with van der Waals surface area (Å²) in [6.07, 6.45) is 12.0. The number of nitrogens with zero attached hydrogens (tertiary/aromatic N) is 2. The van der Waals surface area contributed by atoms with Crippen LogP contribution in [-0.2, 0) is 11.2 Å². The van der Waals surface area contributed by atoms with Crippen LogP contribution in [0.3, 0.4) is 0 Å². The fraction of sp³-hybridized carbons (Fsp3) is 0.333. The van der Waals surface area contributed by atoms with Gasteiger partial charge in [-0.15, -0.1) is 0 Å². The molecule has 0 saturated carbocycles. The Bertz CT molecular complexity index is 942. The summed E-state index contributed by atoms with van der Waals surface area (Å²) in [5, 5.41) is 3.54. The number of aryl methyl sites for hydroxylation is 2. The summed E-state index contributed by atoms with van der Waals surface area (Å²) < 4.78 is 0. The van der Waals surface area contributed by atoms with Crippen LogP contribution in [0, 0.1) is 6.92 Å². The van der Waals surface area contributed by atoms with Crippen molar-refractivity contribution in [3.8, 4) is 0 Å². The highest BCUT2D eigenvalue weighted by Gasteiger charge is 2.18. The second-order valence-electron chi connectivity index (χ2n) is 7.26. The van der Waals surface area contributed by atoms with Crippen molar-refractivity contribution in [2.75, 3.05) is 4.90 Å².